The van der Waals surface area contributed by atoms with E-state index in [0.717, 1.165) is 19.8 Å². The van der Waals surface area contributed by atoms with Gasteiger partial charge in [-0.1, -0.05) is 19.8 Å². The molecule has 2 aliphatic carbocycles. The molecule has 0 aromatic heterocycles. The molecule has 0 amide bonds. The average Bonchev–Trinajstić information content (AvgIpc) is 2.85. The Morgan fingerprint density at radius 2 is 2.06 bits per heavy atom. The number of nitrogens with one attached hydrogen (secondary N) is 1. The summed E-state index contributed by atoms with van der Waals surface area (Å²) < 4.78 is 11.1. The molecule has 3 heteroatoms. The van der Waals surface area contributed by atoms with Gasteiger partial charge in [0.1, 0.15) is 0 Å². The zero-order chi connectivity index (χ0) is 13.0. The molecule has 2 aliphatic rings. The summed E-state index contributed by atoms with van der Waals surface area (Å²) in [6.07, 6.45) is 7.19. The molecule has 1 N–H and O–H groups in total. The van der Waals surface area contributed by atoms with E-state index in [0.29, 0.717) is 23.5 Å². The van der Waals surface area contributed by atoms with Crippen molar-refractivity contribution >= 4 is 0 Å². The van der Waals surface area contributed by atoms with Crippen LogP contribution in [-0.4, -0.2) is 39.0 Å². The predicted octanol–water partition coefficient (Wildman–Crippen LogP) is 2.60. The molecule has 0 saturated heterocycles. The zero-order valence-corrected chi connectivity index (χ0v) is 12.2. The summed E-state index contributed by atoms with van der Waals surface area (Å²) in [7, 11) is 1.78. The maximum atomic E-state index is 5.94. The van der Waals surface area contributed by atoms with Crippen LogP contribution in [0.5, 0.6) is 0 Å². The highest BCUT2D eigenvalue weighted by Crippen LogP contribution is 2.54. The SMILES string of the molecule is CCOC1CC(NCC(C)COC)C12CCCC2. The lowest BCUT2D eigenvalue weighted by molar-refractivity contribution is -0.131. The standard InChI is InChI=1S/C15H29NO2/c1-4-18-14-9-13(15(14)7-5-6-8-15)16-10-12(2)11-17-3/h12-14,16H,4-11H2,1-3H3. The smallest absolute Gasteiger partial charge is 0.0661 e. The van der Waals surface area contributed by atoms with E-state index >= 15 is 0 Å². The lowest BCUT2D eigenvalue weighted by Crippen LogP contribution is -2.63. The van der Waals surface area contributed by atoms with Crippen molar-refractivity contribution in [2.45, 2.75) is 58.1 Å². The van der Waals surface area contributed by atoms with Crippen LogP contribution in [-0.2, 0) is 9.47 Å². The molecule has 106 valence electrons. The van der Waals surface area contributed by atoms with Gasteiger partial charge in [-0.3, -0.25) is 0 Å². The highest BCUT2D eigenvalue weighted by molar-refractivity contribution is 5.09. The van der Waals surface area contributed by atoms with Gasteiger partial charge >= 0.3 is 0 Å². The van der Waals surface area contributed by atoms with Gasteiger partial charge in [0.15, 0.2) is 0 Å². The number of rotatable bonds is 7. The van der Waals surface area contributed by atoms with E-state index in [2.05, 4.69) is 19.2 Å². The molecule has 2 saturated carbocycles. The molecule has 0 aliphatic heterocycles. The maximum Gasteiger partial charge on any atom is 0.0661 e. The van der Waals surface area contributed by atoms with E-state index in [1.165, 1.54) is 32.1 Å². The summed E-state index contributed by atoms with van der Waals surface area (Å²) in [5.41, 5.74) is 0.461. The van der Waals surface area contributed by atoms with E-state index < -0.39 is 0 Å². The van der Waals surface area contributed by atoms with Crippen LogP contribution >= 0.6 is 0 Å². The fourth-order valence-electron chi connectivity index (χ4n) is 3.86. The second-order valence-electron chi connectivity index (χ2n) is 6.14. The number of ether oxygens (including phenoxy) is 2. The minimum absolute atomic E-state index is 0.461. The third kappa shape index (κ3) is 2.73. The van der Waals surface area contributed by atoms with Crippen molar-refractivity contribution in [1.29, 1.82) is 0 Å². The quantitative estimate of drug-likeness (QED) is 0.758. The molecule has 18 heavy (non-hydrogen) atoms. The van der Waals surface area contributed by atoms with Gasteiger partial charge in [-0.2, -0.15) is 0 Å². The Labute approximate surface area is 112 Å². The Kier molecular flexibility index (Phi) is 5.05. The molecular weight excluding hydrogens is 226 g/mol. The highest BCUT2D eigenvalue weighted by atomic mass is 16.5. The van der Waals surface area contributed by atoms with Crippen LogP contribution in [0.3, 0.4) is 0 Å². The molecule has 2 fully saturated rings. The first-order valence-electron chi connectivity index (χ1n) is 7.57. The van der Waals surface area contributed by atoms with Crippen LogP contribution in [0.2, 0.25) is 0 Å². The minimum atomic E-state index is 0.461. The van der Waals surface area contributed by atoms with Gasteiger partial charge in [-0.15, -0.1) is 0 Å². The Bertz CT molecular complexity index is 251. The van der Waals surface area contributed by atoms with Gasteiger partial charge in [0.25, 0.3) is 0 Å². The topological polar surface area (TPSA) is 30.5 Å². The van der Waals surface area contributed by atoms with Crippen molar-refractivity contribution in [2.75, 3.05) is 26.9 Å². The molecule has 2 rings (SSSR count). The van der Waals surface area contributed by atoms with E-state index in [4.69, 9.17) is 9.47 Å². The van der Waals surface area contributed by atoms with Gasteiger partial charge in [0.2, 0.25) is 0 Å². The summed E-state index contributed by atoms with van der Waals surface area (Å²) >= 11 is 0. The molecule has 0 aromatic carbocycles. The number of hydrogen-bond acceptors (Lipinski definition) is 3. The van der Waals surface area contributed by atoms with Crippen LogP contribution in [0.15, 0.2) is 0 Å². The molecule has 0 aromatic rings. The summed E-state index contributed by atoms with van der Waals surface area (Å²) in [5, 5.41) is 3.76. The molecule has 1 spiro atoms. The van der Waals surface area contributed by atoms with Crippen molar-refractivity contribution in [2.24, 2.45) is 11.3 Å². The molecule has 0 radical (unpaired) electrons. The van der Waals surface area contributed by atoms with Crippen LogP contribution in [0.25, 0.3) is 0 Å². The third-order valence-electron chi connectivity index (χ3n) is 4.85. The second kappa shape index (κ2) is 6.36. The number of methoxy groups -OCH3 is 1. The van der Waals surface area contributed by atoms with Crippen molar-refractivity contribution in [1.82, 2.24) is 5.32 Å². The fourth-order valence-corrected chi connectivity index (χ4v) is 3.86. The van der Waals surface area contributed by atoms with Gasteiger partial charge in [0, 0.05) is 38.3 Å². The van der Waals surface area contributed by atoms with Gasteiger partial charge in [0.05, 0.1) is 6.10 Å². The van der Waals surface area contributed by atoms with E-state index in [9.17, 15) is 0 Å². The summed E-state index contributed by atoms with van der Waals surface area (Å²) in [6.45, 7) is 7.14. The first-order valence-corrected chi connectivity index (χ1v) is 7.57. The Morgan fingerprint density at radius 3 is 2.67 bits per heavy atom. The van der Waals surface area contributed by atoms with Crippen molar-refractivity contribution in [3.8, 4) is 0 Å². The van der Waals surface area contributed by atoms with E-state index in [1.807, 2.05) is 0 Å². The Balaban J connectivity index is 1.82. The van der Waals surface area contributed by atoms with Gasteiger partial charge in [-0.25, -0.2) is 0 Å². The third-order valence-corrected chi connectivity index (χ3v) is 4.85. The monoisotopic (exact) mass is 255 g/mol. The average molecular weight is 255 g/mol. The first-order chi connectivity index (χ1) is 8.73. The Morgan fingerprint density at radius 1 is 1.33 bits per heavy atom. The van der Waals surface area contributed by atoms with Crippen LogP contribution in [0, 0.1) is 11.3 Å². The predicted molar refractivity (Wildman–Crippen MR) is 73.8 cm³/mol. The molecule has 0 heterocycles. The lowest BCUT2D eigenvalue weighted by Gasteiger charge is -2.54. The van der Waals surface area contributed by atoms with Crippen molar-refractivity contribution in [3.63, 3.8) is 0 Å². The maximum absolute atomic E-state index is 5.94. The van der Waals surface area contributed by atoms with Crippen LogP contribution < -0.4 is 5.32 Å². The zero-order valence-electron chi connectivity index (χ0n) is 12.2. The summed E-state index contributed by atoms with van der Waals surface area (Å²) in [4.78, 5) is 0. The molecule has 3 unspecified atom stereocenters. The Hall–Kier alpha value is -0.120. The normalized spacial score (nSPS) is 31.5. The van der Waals surface area contributed by atoms with E-state index in [-0.39, 0.29) is 0 Å². The largest absolute Gasteiger partial charge is 0.384 e. The highest BCUT2D eigenvalue weighted by Gasteiger charge is 2.56. The lowest BCUT2D eigenvalue weighted by atomic mass is 9.60. The minimum Gasteiger partial charge on any atom is -0.384 e. The molecule has 3 atom stereocenters. The molecule has 3 nitrogen and oxygen atoms in total. The van der Waals surface area contributed by atoms with Crippen molar-refractivity contribution < 1.29 is 9.47 Å². The van der Waals surface area contributed by atoms with Gasteiger partial charge < -0.3 is 14.8 Å². The van der Waals surface area contributed by atoms with Crippen LogP contribution in [0.4, 0.5) is 0 Å². The second-order valence-corrected chi connectivity index (χ2v) is 6.14. The summed E-state index contributed by atoms with van der Waals surface area (Å²) in [5.74, 6) is 0.597. The first kappa shape index (κ1) is 14.3. The number of hydrogen-bond donors (Lipinski definition) is 1. The van der Waals surface area contributed by atoms with Gasteiger partial charge in [-0.05, 0) is 32.1 Å². The van der Waals surface area contributed by atoms with Crippen LogP contribution in [0.1, 0.15) is 46.0 Å². The summed E-state index contributed by atoms with van der Waals surface area (Å²) in [6, 6.07) is 0.677. The fraction of sp³-hybridized carbons (Fsp3) is 1.00. The van der Waals surface area contributed by atoms with E-state index in [1.54, 1.807) is 7.11 Å². The molecular formula is C15H29NO2. The molecule has 0 bridgehead atoms. The van der Waals surface area contributed by atoms with Crippen molar-refractivity contribution in [3.05, 3.63) is 0 Å².